The summed E-state index contributed by atoms with van der Waals surface area (Å²) < 4.78 is 0. The molecule has 10 heavy (non-hydrogen) atoms. The third-order valence-electron chi connectivity index (χ3n) is 2.66. The van der Waals surface area contributed by atoms with Crippen molar-refractivity contribution >= 4 is 0 Å². The lowest BCUT2D eigenvalue weighted by Crippen LogP contribution is -2.36. The van der Waals surface area contributed by atoms with Gasteiger partial charge < -0.3 is 4.90 Å². The van der Waals surface area contributed by atoms with Crippen LogP contribution in [0.15, 0.2) is 12.3 Å². The van der Waals surface area contributed by atoms with Crippen LogP contribution in [0.25, 0.3) is 0 Å². The topological polar surface area (TPSA) is 3.24 Å². The number of nitrogens with zero attached hydrogens (tertiary/aromatic N) is 1. The van der Waals surface area contributed by atoms with Crippen molar-refractivity contribution in [2.45, 2.75) is 38.1 Å². The van der Waals surface area contributed by atoms with Crippen LogP contribution in [-0.2, 0) is 0 Å². The summed E-state index contributed by atoms with van der Waals surface area (Å²) in [5.41, 5.74) is 0. The fourth-order valence-electron chi connectivity index (χ4n) is 1.91. The maximum atomic E-state index is 2.49. The van der Waals surface area contributed by atoms with Crippen molar-refractivity contribution in [3.8, 4) is 0 Å². The van der Waals surface area contributed by atoms with E-state index in [1.54, 1.807) is 0 Å². The number of rotatable bonds is 1. The molecule has 1 saturated carbocycles. The first kappa shape index (κ1) is 6.26. The molecule has 0 amide bonds. The molecule has 1 heteroatoms. The van der Waals surface area contributed by atoms with Gasteiger partial charge in [0.05, 0.1) is 0 Å². The van der Waals surface area contributed by atoms with Crippen LogP contribution in [0.3, 0.4) is 0 Å². The van der Waals surface area contributed by atoms with E-state index in [0.29, 0.717) is 0 Å². The lowest BCUT2D eigenvalue weighted by Gasteiger charge is -2.36. The highest BCUT2D eigenvalue weighted by Crippen LogP contribution is 2.24. The molecule has 1 fully saturated rings. The van der Waals surface area contributed by atoms with Gasteiger partial charge in [0.2, 0.25) is 0 Å². The van der Waals surface area contributed by atoms with Crippen molar-refractivity contribution in [2.75, 3.05) is 6.54 Å². The first-order valence-electron chi connectivity index (χ1n) is 4.39. The Labute approximate surface area is 62.7 Å². The zero-order valence-electron chi connectivity index (χ0n) is 6.42. The molecule has 2 rings (SSSR count). The Morgan fingerprint density at radius 1 is 1.10 bits per heavy atom. The molecule has 0 aromatic carbocycles. The molecule has 1 nitrogen and oxygen atoms in total. The Morgan fingerprint density at radius 3 is 2.30 bits per heavy atom. The highest BCUT2D eigenvalue weighted by Gasteiger charge is 2.19. The molecule has 0 N–H and O–H groups in total. The summed E-state index contributed by atoms with van der Waals surface area (Å²) in [5, 5.41) is 0. The van der Waals surface area contributed by atoms with E-state index < -0.39 is 0 Å². The normalized spacial score (nSPS) is 26.6. The van der Waals surface area contributed by atoms with E-state index in [1.807, 2.05) is 0 Å². The predicted octanol–water partition coefficient (Wildman–Crippen LogP) is 2.15. The zero-order valence-corrected chi connectivity index (χ0v) is 6.42. The van der Waals surface area contributed by atoms with E-state index in [4.69, 9.17) is 0 Å². The third-order valence-corrected chi connectivity index (χ3v) is 2.66. The van der Waals surface area contributed by atoms with Crippen molar-refractivity contribution < 1.29 is 0 Å². The van der Waals surface area contributed by atoms with Crippen LogP contribution in [-0.4, -0.2) is 17.5 Å². The highest BCUT2D eigenvalue weighted by molar-refractivity contribution is 5.00. The monoisotopic (exact) mass is 137 g/mol. The minimum Gasteiger partial charge on any atom is -0.371 e. The first-order chi connectivity index (χ1) is 4.97. The standard InChI is InChI=1S/C9H15N/c1-2-5-9(6-3-1)10-7-4-8-10/h4,7,9H,1-3,5-6,8H2. The first-order valence-corrected chi connectivity index (χ1v) is 4.39. The molecule has 0 radical (unpaired) electrons. The summed E-state index contributed by atoms with van der Waals surface area (Å²) in [6, 6.07) is 0.902. The fraction of sp³-hybridized carbons (Fsp3) is 0.778. The fourth-order valence-corrected chi connectivity index (χ4v) is 1.91. The van der Waals surface area contributed by atoms with E-state index in [2.05, 4.69) is 17.2 Å². The van der Waals surface area contributed by atoms with Crippen LogP contribution >= 0.6 is 0 Å². The lowest BCUT2D eigenvalue weighted by molar-refractivity contribution is 0.214. The van der Waals surface area contributed by atoms with Gasteiger partial charge in [-0.1, -0.05) is 19.3 Å². The maximum absolute atomic E-state index is 2.49. The molecule has 0 aromatic rings. The van der Waals surface area contributed by atoms with Crippen molar-refractivity contribution in [2.24, 2.45) is 0 Å². The Kier molecular flexibility index (Phi) is 1.66. The smallest absolute Gasteiger partial charge is 0.0373 e. The average Bonchev–Trinajstić information content (AvgIpc) is 1.86. The minimum atomic E-state index is 0.902. The zero-order chi connectivity index (χ0) is 6.81. The molecule has 0 unspecified atom stereocenters. The molecule has 1 heterocycles. The van der Waals surface area contributed by atoms with Gasteiger partial charge in [0.1, 0.15) is 0 Å². The van der Waals surface area contributed by atoms with E-state index >= 15 is 0 Å². The summed E-state index contributed by atoms with van der Waals surface area (Å²) in [6.07, 6.45) is 11.7. The van der Waals surface area contributed by atoms with Crippen LogP contribution in [0.1, 0.15) is 32.1 Å². The van der Waals surface area contributed by atoms with Crippen LogP contribution < -0.4 is 0 Å². The van der Waals surface area contributed by atoms with Crippen LogP contribution in [0.4, 0.5) is 0 Å². The summed E-state index contributed by atoms with van der Waals surface area (Å²) in [4.78, 5) is 2.49. The molecule has 0 spiro atoms. The summed E-state index contributed by atoms with van der Waals surface area (Å²) in [5.74, 6) is 0. The Hall–Kier alpha value is -0.460. The Balaban J connectivity index is 1.85. The van der Waals surface area contributed by atoms with E-state index in [0.717, 1.165) is 6.04 Å². The average molecular weight is 137 g/mol. The highest BCUT2D eigenvalue weighted by atomic mass is 15.2. The SMILES string of the molecule is C1=CN(C2CCCCC2)C1. The second-order valence-electron chi connectivity index (χ2n) is 3.37. The second-order valence-corrected chi connectivity index (χ2v) is 3.37. The molecule has 0 aromatic heterocycles. The molecule has 0 bridgehead atoms. The van der Waals surface area contributed by atoms with Crippen LogP contribution in [0, 0.1) is 0 Å². The lowest BCUT2D eigenvalue weighted by atomic mass is 9.93. The van der Waals surface area contributed by atoms with Gasteiger partial charge >= 0.3 is 0 Å². The van der Waals surface area contributed by atoms with Crippen molar-refractivity contribution in [1.82, 2.24) is 4.90 Å². The van der Waals surface area contributed by atoms with Gasteiger partial charge in [-0.15, -0.1) is 0 Å². The largest absolute Gasteiger partial charge is 0.371 e. The quantitative estimate of drug-likeness (QED) is 0.535. The summed E-state index contributed by atoms with van der Waals surface area (Å²) in [7, 11) is 0. The van der Waals surface area contributed by atoms with Gasteiger partial charge in [0, 0.05) is 12.6 Å². The van der Waals surface area contributed by atoms with Crippen molar-refractivity contribution in [3.05, 3.63) is 12.3 Å². The van der Waals surface area contributed by atoms with E-state index in [9.17, 15) is 0 Å². The summed E-state index contributed by atoms with van der Waals surface area (Å²) in [6.45, 7) is 1.21. The molecule has 0 saturated heterocycles. The number of hydrogen-bond donors (Lipinski definition) is 0. The third kappa shape index (κ3) is 1.05. The molecular formula is C9H15N. The van der Waals surface area contributed by atoms with Gasteiger partial charge in [0.25, 0.3) is 0 Å². The predicted molar refractivity (Wildman–Crippen MR) is 42.7 cm³/mol. The molecule has 0 atom stereocenters. The minimum absolute atomic E-state index is 0.902. The Bertz CT molecular complexity index is 134. The molecule has 56 valence electrons. The van der Waals surface area contributed by atoms with Gasteiger partial charge in [-0.25, -0.2) is 0 Å². The van der Waals surface area contributed by atoms with Gasteiger partial charge in [-0.2, -0.15) is 0 Å². The van der Waals surface area contributed by atoms with E-state index in [-0.39, 0.29) is 0 Å². The number of hydrogen-bond acceptors (Lipinski definition) is 1. The van der Waals surface area contributed by atoms with Gasteiger partial charge in [0.15, 0.2) is 0 Å². The molecule has 1 aliphatic heterocycles. The van der Waals surface area contributed by atoms with Crippen LogP contribution in [0.5, 0.6) is 0 Å². The molecule has 2 aliphatic rings. The van der Waals surface area contributed by atoms with Crippen molar-refractivity contribution in [3.63, 3.8) is 0 Å². The van der Waals surface area contributed by atoms with Gasteiger partial charge in [-0.05, 0) is 25.1 Å². The Morgan fingerprint density at radius 2 is 1.80 bits per heavy atom. The molecular weight excluding hydrogens is 122 g/mol. The summed E-state index contributed by atoms with van der Waals surface area (Å²) >= 11 is 0. The van der Waals surface area contributed by atoms with Gasteiger partial charge in [-0.3, -0.25) is 0 Å². The van der Waals surface area contributed by atoms with Crippen molar-refractivity contribution in [1.29, 1.82) is 0 Å². The second kappa shape index (κ2) is 2.65. The van der Waals surface area contributed by atoms with Crippen LogP contribution in [0.2, 0.25) is 0 Å². The molecule has 1 aliphatic carbocycles. The maximum Gasteiger partial charge on any atom is 0.0373 e. The van der Waals surface area contributed by atoms with E-state index in [1.165, 1.54) is 38.6 Å².